The Balaban J connectivity index is 1.94. The molecule has 0 aromatic heterocycles. The van der Waals surface area contributed by atoms with Gasteiger partial charge in [0.1, 0.15) is 5.82 Å². The third-order valence-corrected chi connectivity index (χ3v) is 3.61. The van der Waals surface area contributed by atoms with Crippen LogP contribution in [-0.2, 0) is 11.3 Å². The van der Waals surface area contributed by atoms with E-state index in [1.807, 2.05) is 42.3 Å². The highest BCUT2D eigenvalue weighted by Crippen LogP contribution is 2.23. The van der Waals surface area contributed by atoms with Gasteiger partial charge in [-0.3, -0.25) is 9.69 Å². The predicted molar refractivity (Wildman–Crippen MR) is 91.9 cm³/mol. The maximum Gasteiger partial charge on any atom is 0.238 e. The van der Waals surface area contributed by atoms with Gasteiger partial charge >= 0.3 is 0 Å². The number of anilines is 1. The third-order valence-electron chi connectivity index (χ3n) is 3.61. The van der Waals surface area contributed by atoms with E-state index in [4.69, 9.17) is 0 Å². The molecule has 0 fully saturated rings. The Morgan fingerprint density at radius 2 is 1.91 bits per heavy atom. The summed E-state index contributed by atoms with van der Waals surface area (Å²) in [6.07, 6.45) is 0. The fraction of sp³-hybridized carbons (Fsp3) is 0.316. The minimum atomic E-state index is -0.258. The molecule has 23 heavy (non-hydrogen) atoms. The van der Waals surface area contributed by atoms with Crippen LogP contribution in [-0.4, -0.2) is 24.4 Å². The molecule has 122 valence electrons. The second kappa shape index (κ2) is 7.88. The molecule has 2 aromatic carbocycles. The Bertz CT molecular complexity index is 670. The van der Waals surface area contributed by atoms with Gasteiger partial charge in [-0.25, -0.2) is 4.39 Å². The van der Waals surface area contributed by atoms with Crippen molar-refractivity contribution in [2.45, 2.75) is 26.3 Å². The highest BCUT2D eigenvalue weighted by atomic mass is 19.1. The number of likely N-dealkylation sites (N-methyl/N-ethyl adjacent to an activating group) is 1. The fourth-order valence-corrected chi connectivity index (χ4v) is 2.55. The number of para-hydroxylation sites is 1. The van der Waals surface area contributed by atoms with E-state index in [1.165, 1.54) is 12.1 Å². The first-order valence-corrected chi connectivity index (χ1v) is 7.77. The molecule has 1 amide bonds. The number of carbonyl (C=O) groups is 1. The van der Waals surface area contributed by atoms with Crippen molar-refractivity contribution < 1.29 is 9.18 Å². The van der Waals surface area contributed by atoms with Gasteiger partial charge in [0.05, 0.1) is 6.54 Å². The van der Waals surface area contributed by atoms with Gasteiger partial charge in [-0.2, -0.15) is 0 Å². The second-order valence-electron chi connectivity index (χ2n) is 6.09. The van der Waals surface area contributed by atoms with Crippen LogP contribution in [0.2, 0.25) is 0 Å². The summed E-state index contributed by atoms with van der Waals surface area (Å²) in [7, 11) is 1.85. The van der Waals surface area contributed by atoms with E-state index in [9.17, 15) is 9.18 Å². The minimum Gasteiger partial charge on any atom is -0.325 e. The lowest BCUT2D eigenvalue weighted by atomic mass is 10.0. The van der Waals surface area contributed by atoms with Gasteiger partial charge in [0.15, 0.2) is 0 Å². The average molecular weight is 314 g/mol. The van der Waals surface area contributed by atoms with Gasteiger partial charge in [-0.1, -0.05) is 44.2 Å². The average Bonchev–Trinajstić information content (AvgIpc) is 2.47. The van der Waals surface area contributed by atoms with Gasteiger partial charge in [0.25, 0.3) is 0 Å². The first kappa shape index (κ1) is 17.2. The molecule has 0 aliphatic heterocycles. The molecule has 2 rings (SSSR count). The smallest absolute Gasteiger partial charge is 0.238 e. The van der Waals surface area contributed by atoms with E-state index in [1.54, 1.807) is 6.07 Å². The van der Waals surface area contributed by atoms with Gasteiger partial charge in [0.2, 0.25) is 5.91 Å². The zero-order valence-electron chi connectivity index (χ0n) is 13.8. The largest absolute Gasteiger partial charge is 0.325 e. The molecule has 0 aliphatic rings. The Morgan fingerprint density at radius 3 is 2.61 bits per heavy atom. The number of rotatable bonds is 6. The molecule has 0 bridgehead atoms. The van der Waals surface area contributed by atoms with Crippen LogP contribution in [0, 0.1) is 5.82 Å². The lowest BCUT2D eigenvalue weighted by Gasteiger charge is -2.18. The molecule has 4 heteroatoms. The molecule has 0 unspecified atom stereocenters. The van der Waals surface area contributed by atoms with Crippen LogP contribution >= 0.6 is 0 Å². The van der Waals surface area contributed by atoms with Crippen LogP contribution in [0.25, 0.3) is 0 Å². The van der Waals surface area contributed by atoms with Crippen molar-refractivity contribution >= 4 is 11.6 Å². The monoisotopic (exact) mass is 314 g/mol. The highest BCUT2D eigenvalue weighted by Gasteiger charge is 2.11. The first-order valence-electron chi connectivity index (χ1n) is 7.77. The lowest BCUT2D eigenvalue weighted by Crippen LogP contribution is -2.30. The van der Waals surface area contributed by atoms with Crippen molar-refractivity contribution in [1.82, 2.24) is 4.90 Å². The van der Waals surface area contributed by atoms with Gasteiger partial charge in [0, 0.05) is 12.2 Å². The number of benzene rings is 2. The van der Waals surface area contributed by atoms with E-state index < -0.39 is 0 Å². The molecule has 0 aliphatic carbocycles. The Kier molecular flexibility index (Phi) is 5.88. The Morgan fingerprint density at radius 1 is 1.17 bits per heavy atom. The number of hydrogen-bond acceptors (Lipinski definition) is 2. The third kappa shape index (κ3) is 5.18. The quantitative estimate of drug-likeness (QED) is 0.873. The van der Waals surface area contributed by atoms with Crippen molar-refractivity contribution in [2.24, 2.45) is 0 Å². The van der Waals surface area contributed by atoms with Gasteiger partial charge in [-0.05, 0) is 42.3 Å². The molecule has 0 saturated carbocycles. The summed E-state index contributed by atoms with van der Waals surface area (Å²) in [4.78, 5) is 14.1. The van der Waals surface area contributed by atoms with Crippen LogP contribution in [0.1, 0.15) is 30.9 Å². The van der Waals surface area contributed by atoms with Crippen LogP contribution in [0.15, 0.2) is 48.5 Å². The number of amides is 1. The number of nitrogens with one attached hydrogen (secondary N) is 1. The lowest BCUT2D eigenvalue weighted by molar-refractivity contribution is -0.117. The molecule has 0 saturated heterocycles. The van der Waals surface area contributed by atoms with E-state index in [0.717, 1.165) is 16.8 Å². The van der Waals surface area contributed by atoms with Crippen molar-refractivity contribution in [3.63, 3.8) is 0 Å². The maximum absolute atomic E-state index is 13.2. The molecular formula is C19H23FN2O. The summed E-state index contributed by atoms with van der Waals surface area (Å²) in [5, 5.41) is 2.97. The summed E-state index contributed by atoms with van der Waals surface area (Å²) in [6, 6.07) is 14.3. The van der Waals surface area contributed by atoms with Crippen LogP contribution in [0.5, 0.6) is 0 Å². The standard InChI is InChI=1S/C19H23FN2O/c1-14(2)17-9-4-5-10-18(17)21-19(23)13-22(3)12-15-7-6-8-16(20)11-15/h4-11,14H,12-13H2,1-3H3,(H,21,23). The van der Waals surface area contributed by atoms with Crippen LogP contribution < -0.4 is 5.32 Å². The number of carbonyl (C=O) groups excluding carboxylic acids is 1. The predicted octanol–water partition coefficient (Wildman–Crippen LogP) is 4.02. The van der Waals surface area contributed by atoms with Crippen molar-refractivity contribution in [2.75, 3.05) is 18.9 Å². The molecule has 0 radical (unpaired) electrons. The fourth-order valence-electron chi connectivity index (χ4n) is 2.55. The molecule has 1 N–H and O–H groups in total. The van der Waals surface area contributed by atoms with Gasteiger partial charge < -0.3 is 5.32 Å². The molecule has 0 heterocycles. The molecule has 2 aromatic rings. The summed E-state index contributed by atoms with van der Waals surface area (Å²) in [5.41, 5.74) is 2.82. The molecule has 0 atom stereocenters. The maximum atomic E-state index is 13.2. The van der Waals surface area contributed by atoms with Crippen LogP contribution in [0.3, 0.4) is 0 Å². The first-order chi connectivity index (χ1) is 11.0. The number of halogens is 1. The summed E-state index contributed by atoms with van der Waals surface area (Å²) >= 11 is 0. The molecule has 3 nitrogen and oxygen atoms in total. The Labute approximate surface area is 137 Å². The number of nitrogens with zero attached hydrogens (tertiary/aromatic N) is 1. The zero-order valence-corrected chi connectivity index (χ0v) is 13.8. The second-order valence-corrected chi connectivity index (χ2v) is 6.09. The topological polar surface area (TPSA) is 32.3 Å². The van der Waals surface area contributed by atoms with Gasteiger partial charge in [-0.15, -0.1) is 0 Å². The van der Waals surface area contributed by atoms with E-state index in [2.05, 4.69) is 19.2 Å². The number of hydrogen-bond donors (Lipinski definition) is 1. The van der Waals surface area contributed by atoms with Crippen molar-refractivity contribution in [3.05, 3.63) is 65.5 Å². The van der Waals surface area contributed by atoms with E-state index in [-0.39, 0.29) is 18.3 Å². The van der Waals surface area contributed by atoms with Crippen LogP contribution in [0.4, 0.5) is 10.1 Å². The van der Waals surface area contributed by atoms with Crippen molar-refractivity contribution in [3.8, 4) is 0 Å². The Hall–Kier alpha value is -2.20. The SMILES string of the molecule is CC(C)c1ccccc1NC(=O)CN(C)Cc1cccc(F)c1. The normalized spacial score (nSPS) is 11.0. The molecular weight excluding hydrogens is 291 g/mol. The summed E-state index contributed by atoms with van der Waals surface area (Å²) < 4.78 is 13.2. The molecule has 0 spiro atoms. The van der Waals surface area contributed by atoms with E-state index >= 15 is 0 Å². The zero-order chi connectivity index (χ0) is 16.8. The summed E-state index contributed by atoms with van der Waals surface area (Å²) in [6.45, 7) is 4.97. The highest BCUT2D eigenvalue weighted by molar-refractivity contribution is 5.93. The van der Waals surface area contributed by atoms with Crippen molar-refractivity contribution in [1.29, 1.82) is 0 Å². The minimum absolute atomic E-state index is 0.0722. The van der Waals surface area contributed by atoms with E-state index in [0.29, 0.717) is 12.5 Å². The summed E-state index contributed by atoms with van der Waals surface area (Å²) in [5.74, 6) is 0.0136.